The van der Waals surface area contributed by atoms with E-state index in [1.165, 1.54) is 17.4 Å². The van der Waals surface area contributed by atoms with Gasteiger partial charge in [-0.2, -0.15) is 28.2 Å². The second-order valence-electron chi connectivity index (χ2n) is 17.6. The average Bonchev–Trinajstić information content (AvgIpc) is 3.92. The number of fused-ring (bicyclic) bond motifs is 7. The van der Waals surface area contributed by atoms with E-state index in [0.717, 1.165) is 44.6 Å². The molecule has 0 radical (unpaired) electrons. The van der Waals surface area contributed by atoms with Crippen molar-refractivity contribution in [2.75, 3.05) is 37.8 Å². The molecule has 59 heavy (non-hydrogen) atoms. The highest BCUT2D eigenvalue weighted by molar-refractivity contribution is 7.26. The summed E-state index contributed by atoms with van der Waals surface area (Å²) in [6, 6.07) is 7.63. The van der Waals surface area contributed by atoms with Gasteiger partial charge in [0.05, 0.1) is 33.1 Å². The molecule has 3 fully saturated rings. The van der Waals surface area contributed by atoms with E-state index < -0.39 is 32.1 Å². The summed E-state index contributed by atoms with van der Waals surface area (Å²) in [4.78, 5) is 17.6. The second kappa shape index (κ2) is 15.0. The average molecular weight is 844 g/mol. The highest BCUT2D eigenvalue weighted by atomic mass is 32.1. The molecule has 9 nitrogen and oxygen atoms in total. The Kier molecular flexibility index (Phi) is 10.2. The normalized spacial score (nSPS) is 19.8. The molecule has 2 atom stereocenters. The van der Waals surface area contributed by atoms with Gasteiger partial charge in [-0.05, 0) is 65.9 Å². The minimum atomic E-state index is -4.48. The molecule has 0 spiro atoms. The minimum Gasteiger partial charge on any atom is -0.462 e. The first-order valence-electron chi connectivity index (χ1n) is 20.7. The summed E-state index contributed by atoms with van der Waals surface area (Å²) < 4.78 is 72.3. The van der Waals surface area contributed by atoms with Crippen molar-refractivity contribution >= 4 is 67.2 Å². The van der Waals surface area contributed by atoms with Gasteiger partial charge in [-0.15, -0.1) is 16.9 Å². The summed E-state index contributed by atoms with van der Waals surface area (Å²) in [5, 5.41) is 15.1. The third kappa shape index (κ3) is 6.65. The number of halogens is 4. The number of nitrogens with zero attached hydrogens (tertiary/aromatic N) is 5. The Labute approximate surface area is 345 Å². The summed E-state index contributed by atoms with van der Waals surface area (Å²) in [6.45, 7) is 14.2. The highest BCUT2D eigenvalue weighted by Gasteiger charge is 2.56. The number of pyridine rings is 1. The molecule has 2 bridgehead atoms. The number of rotatable bonds is 8. The van der Waals surface area contributed by atoms with Gasteiger partial charge in [0.15, 0.2) is 0 Å². The van der Waals surface area contributed by atoms with Crippen LogP contribution in [0.3, 0.4) is 0 Å². The van der Waals surface area contributed by atoms with Gasteiger partial charge in [0.2, 0.25) is 0 Å². The predicted molar refractivity (Wildman–Crippen MR) is 229 cm³/mol. The molecule has 0 saturated carbocycles. The van der Waals surface area contributed by atoms with Crippen molar-refractivity contribution in [1.29, 1.82) is 0 Å². The van der Waals surface area contributed by atoms with Gasteiger partial charge in [-0.1, -0.05) is 53.5 Å². The van der Waals surface area contributed by atoms with E-state index in [1.807, 2.05) is 12.1 Å². The van der Waals surface area contributed by atoms with Gasteiger partial charge in [0, 0.05) is 66.3 Å². The Hall–Kier alpha value is -4.36. The number of piperazine rings is 1. The Bertz CT molecular complexity index is 2610. The number of nitrogens with one attached hydrogen (secondary N) is 2. The van der Waals surface area contributed by atoms with Crippen molar-refractivity contribution in [3.05, 3.63) is 48.0 Å². The monoisotopic (exact) mass is 843 g/mol. The Morgan fingerprint density at radius 1 is 0.983 bits per heavy atom. The maximum absolute atomic E-state index is 16.4. The van der Waals surface area contributed by atoms with Crippen molar-refractivity contribution in [3.63, 3.8) is 0 Å². The van der Waals surface area contributed by atoms with E-state index in [-0.39, 0.29) is 44.1 Å². The second-order valence-corrected chi connectivity index (χ2v) is 24.2. The lowest BCUT2D eigenvalue weighted by Crippen LogP contribution is -2.51. The lowest BCUT2D eigenvalue weighted by molar-refractivity contribution is -0.254. The number of hydrogen-bond acceptors (Lipinski definition) is 9. The lowest BCUT2D eigenvalue weighted by atomic mass is 9.80. The van der Waals surface area contributed by atoms with Crippen LogP contribution in [0.4, 0.5) is 23.4 Å². The van der Waals surface area contributed by atoms with E-state index in [1.54, 1.807) is 18.5 Å². The molecule has 3 aliphatic rings. The molecule has 0 unspecified atom stereocenters. The summed E-state index contributed by atoms with van der Waals surface area (Å²) in [7, 11) is -2.26. The third-order valence-corrected chi connectivity index (χ3v) is 20.8. The van der Waals surface area contributed by atoms with Crippen molar-refractivity contribution in [2.24, 2.45) is 5.41 Å². The molecular weight excluding hydrogens is 795 g/mol. The van der Waals surface area contributed by atoms with Crippen molar-refractivity contribution in [3.8, 4) is 28.7 Å². The van der Waals surface area contributed by atoms with Crippen molar-refractivity contribution < 1.29 is 27.0 Å². The molecule has 2 N–H and O–H groups in total. The van der Waals surface area contributed by atoms with Crippen LogP contribution in [0.2, 0.25) is 16.6 Å². The van der Waals surface area contributed by atoms with E-state index >= 15 is 4.39 Å². The Balaban J connectivity index is 1.27. The number of anilines is 1. The molecular formula is C44H49F4N7O2SSi. The van der Waals surface area contributed by atoms with Gasteiger partial charge in [0.25, 0.3) is 0 Å². The molecule has 0 aliphatic carbocycles. The number of thiophene rings is 1. The molecule has 4 aromatic heterocycles. The molecule has 310 valence electrons. The largest absolute Gasteiger partial charge is 0.462 e. The first-order valence-corrected chi connectivity index (χ1v) is 23.7. The molecule has 2 aromatic carbocycles. The zero-order valence-corrected chi connectivity index (χ0v) is 36.0. The number of aromatic nitrogens is 5. The topological polar surface area (TPSA) is 101 Å². The number of ether oxygens (including phenoxy) is 2. The molecule has 6 aromatic rings. The van der Waals surface area contributed by atoms with E-state index in [4.69, 9.17) is 24.4 Å². The third-order valence-electron chi connectivity index (χ3n) is 13.4. The van der Waals surface area contributed by atoms with Crippen LogP contribution in [0.15, 0.2) is 36.7 Å². The predicted octanol–water partition coefficient (Wildman–Crippen LogP) is 10.3. The number of aromatic amines is 1. The first-order chi connectivity index (χ1) is 28.2. The van der Waals surface area contributed by atoms with Crippen LogP contribution >= 0.6 is 11.3 Å². The fraction of sp³-hybridized carbons (Fsp3) is 0.500. The van der Waals surface area contributed by atoms with E-state index in [2.05, 4.69) is 73.4 Å². The summed E-state index contributed by atoms with van der Waals surface area (Å²) in [6.07, 6.45) is 0.693. The minimum absolute atomic E-state index is 0.00887. The van der Waals surface area contributed by atoms with Crippen LogP contribution in [0, 0.1) is 22.7 Å². The summed E-state index contributed by atoms with van der Waals surface area (Å²) >= 11 is 1.39. The molecule has 7 heterocycles. The zero-order chi connectivity index (χ0) is 41.4. The van der Waals surface area contributed by atoms with E-state index in [0.29, 0.717) is 62.6 Å². The zero-order valence-electron chi connectivity index (χ0n) is 34.2. The SMILES string of the molecule is CC(C)[Si](C#Cc1c(F)ccc2cc3[nH]ncc3c(-c3nccc4c3sc3nc(OCC5(C(F)(F)F)CCOCC5)nc(N5C[C@H]6CC[C@@H](C5)N6)c34)c12)(C(C)C)C(C)C. The Morgan fingerprint density at radius 3 is 2.37 bits per heavy atom. The van der Waals surface area contributed by atoms with Crippen LogP contribution < -0.4 is 15.0 Å². The van der Waals surface area contributed by atoms with Crippen LogP contribution in [-0.4, -0.2) is 84.4 Å². The molecule has 3 aliphatic heterocycles. The quantitative estimate of drug-likeness (QED) is 0.0888. The van der Waals surface area contributed by atoms with Gasteiger partial charge in [0.1, 0.15) is 36.6 Å². The highest BCUT2D eigenvalue weighted by Crippen LogP contribution is 2.49. The number of H-pyrrole nitrogens is 1. The standard InChI is InChI=1S/C44H49F4N7O2SSi/c1-24(2)59(25(3)4,26(5)6)18-12-30-33(45)10-7-27-19-34-32(20-50-54-34)36(35(27)30)38-39-31(11-15-49-38)37-40(55-21-28-8-9-29(22-55)51-28)52-42(53-41(37)58-39)57-23-43(44(46,47)48)13-16-56-17-14-43/h7,10-11,15,19-20,24-26,28-29,51H,8-9,13-14,16-17,21-23H2,1-6H3,(H,50,54)/t28-,29+. The van der Waals surface area contributed by atoms with Crippen LogP contribution in [0.5, 0.6) is 6.01 Å². The summed E-state index contributed by atoms with van der Waals surface area (Å²) in [5.74, 6) is 3.68. The smallest absolute Gasteiger partial charge is 0.397 e. The van der Waals surface area contributed by atoms with Crippen LogP contribution in [-0.2, 0) is 4.74 Å². The fourth-order valence-electron chi connectivity index (χ4n) is 10.3. The van der Waals surface area contributed by atoms with Gasteiger partial charge in [-0.3, -0.25) is 10.1 Å². The number of alkyl halides is 3. The maximum atomic E-state index is 16.4. The lowest BCUT2D eigenvalue weighted by Gasteiger charge is -2.38. The van der Waals surface area contributed by atoms with Gasteiger partial charge < -0.3 is 19.7 Å². The molecule has 0 amide bonds. The maximum Gasteiger partial charge on any atom is 0.397 e. The van der Waals surface area contributed by atoms with Crippen molar-refractivity contribution in [1.82, 2.24) is 30.5 Å². The molecule has 9 rings (SSSR count). The Morgan fingerprint density at radius 2 is 1.69 bits per heavy atom. The van der Waals surface area contributed by atoms with E-state index in [9.17, 15) is 13.2 Å². The number of hydrogen-bond donors (Lipinski definition) is 2. The van der Waals surface area contributed by atoms with Crippen LogP contribution in [0.25, 0.3) is 53.2 Å². The van der Waals surface area contributed by atoms with Crippen LogP contribution in [0.1, 0.15) is 72.8 Å². The molecule has 3 saturated heterocycles. The molecule has 15 heteroatoms. The van der Waals surface area contributed by atoms with Gasteiger partial charge in [-0.25, -0.2) is 4.39 Å². The number of benzene rings is 2. The summed E-state index contributed by atoms with van der Waals surface area (Å²) in [5.41, 5.74) is 5.18. The van der Waals surface area contributed by atoms with Crippen molar-refractivity contribution in [2.45, 2.75) is 102 Å². The first kappa shape index (κ1) is 40.1. The fourth-order valence-corrected chi connectivity index (χ4v) is 16.7. The van der Waals surface area contributed by atoms with Gasteiger partial charge >= 0.3 is 12.2 Å².